The third kappa shape index (κ3) is 4.18. The summed E-state index contributed by atoms with van der Waals surface area (Å²) in [4.78, 5) is 3.16. The molecule has 0 radical (unpaired) electrons. The van der Waals surface area contributed by atoms with Gasteiger partial charge in [-0.3, -0.25) is 4.90 Å². The molecule has 0 atom stereocenters. The second kappa shape index (κ2) is 7.00. The first-order valence-corrected chi connectivity index (χ1v) is 7.33. The predicted octanol–water partition coefficient (Wildman–Crippen LogP) is 2.93. The van der Waals surface area contributed by atoms with Crippen LogP contribution in [0.2, 0.25) is 0 Å². The van der Waals surface area contributed by atoms with Gasteiger partial charge in [0.15, 0.2) is 0 Å². The van der Waals surface area contributed by atoms with Gasteiger partial charge in [-0.25, -0.2) is 0 Å². The van der Waals surface area contributed by atoms with Crippen molar-refractivity contribution in [2.45, 2.75) is 17.7 Å². The Hall–Kier alpha value is -0.740. The highest BCUT2D eigenvalue weighted by atomic mass is 79.9. The Balaban J connectivity index is 1.68. The fourth-order valence-corrected chi connectivity index (χ4v) is 2.50. The van der Waals surface area contributed by atoms with E-state index in [4.69, 9.17) is 9.47 Å². The lowest BCUT2D eigenvalue weighted by Gasteiger charge is -2.29. The minimum absolute atomic E-state index is 0.705. The number of methoxy groups -OCH3 is 1. The largest absolute Gasteiger partial charge is 0.497 e. The fraction of sp³-hybridized carbons (Fsp3) is 0.571. The average molecular weight is 314 g/mol. The van der Waals surface area contributed by atoms with Crippen molar-refractivity contribution in [3.8, 4) is 11.5 Å². The molecule has 1 aliphatic heterocycles. The van der Waals surface area contributed by atoms with Gasteiger partial charge in [0.1, 0.15) is 18.1 Å². The van der Waals surface area contributed by atoms with Gasteiger partial charge >= 0.3 is 0 Å². The van der Waals surface area contributed by atoms with Crippen molar-refractivity contribution < 1.29 is 9.47 Å². The molecule has 0 bridgehead atoms. The zero-order valence-electron chi connectivity index (χ0n) is 10.8. The van der Waals surface area contributed by atoms with E-state index in [2.05, 4.69) is 20.8 Å². The first-order chi connectivity index (χ1) is 8.78. The van der Waals surface area contributed by atoms with Gasteiger partial charge in [-0.2, -0.15) is 0 Å². The molecule has 1 heterocycles. The number of rotatable bonds is 5. The zero-order chi connectivity index (χ0) is 12.8. The Bertz CT molecular complexity index is 347. The lowest BCUT2D eigenvalue weighted by atomic mass is 10.1. The Morgan fingerprint density at radius 2 is 1.78 bits per heavy atom. The number of hydrogen-bond acceptors (Lipinski definition) is 3. The predicted molar refractivity (Wildman–Crippen MR) is 76.9 cm³/mol. The van der Waals surface area contributed by atoms with Crippen LogP contribution < -0.4 is 9.47 Å². The number of benzene rings is 1. The maximum absolute atomic E-state index is 5.73. The summed E-state index contributed by atoms with van der Waals surface area (Å²) >= 11 is 3.66. The van der Waals surface area contributed by atoms with E-state index in [9.17, 15) is 0 Å². The van der Waals surface area contributed by atoms with Crippen LogP contribution in [0, 0.1) is 0 Å². The summed E-state index contributed by atoms with van der Waals surface area (Å²) < 4.78 is 10.8. The molecule has 1 saturated heterocycles. The van der Waals surface area contributed by atoms with Crippen molar-refractivity contribution in [1.29, 1.82) is 0 Å². The van der Waals surface area contributed by atoms with Crippen molar-refractivity contribution in [1.82, 2.24) is 4.90 Å². The third-order valence-electron chi connectivity index (χ3n) is 3.25. The maximum atomic E-state index is 5.73. The fourth-order valence-electron chi connectivity index (χ4n) is 2.09. The molecule has 0 saturated carbocycles. The molecule has 1 aromatic carbocycles. The molecule has 0 aliphatic carbocycles. The lowest BCUT2D eigenvalue weighted by Crippen LogP contribution is -2.36. The van der Waals surface area contributed by atoms with Crippen LogP contribution in [0.25, 0.3) is 0 Å². The molecule has 4 heteroatoms. The normalized spacial score (nSPS) is 17.7. The summed E-state index contributed by atoms with van der Waals surface area (Å²) in [6.45, 7) is 4.09. The summed E-state index contributed by atoms with van der Waals surface area (Å²) in [5.41, 5.74) is 0. The Morgan fingerprint density at radius 1 is 1.17 bits per heavy atom. The number of nitrogens with zero attached hydrogens (tertiary/aromatic N) is 1. The lowest BCUT2D eigenvalue weighted by molar-refractivity contribution is 0.186. The summed E-state index contributed by atoms with van der Waals surface area (Å²) in [5, 5.41) is 0. The van der Waals surface area contributed by atoms with Crippen molar-refractivity contribution in [2.75, 3.05) is 33.4 Å². The smallest absolute Gasteiger partial charge is 0.119 e. The first kappa shape index (κ1) is 13.7. The first-order valence-electron chi connectivity index (χ1n) is 6.41. The highest BCUT2D eigenvalue weighted by Crippen LogP contribution is 2.18. The molecule has 100 valence electrons. The van der Waals surface area contributed by atoms with Crippen LogP contribution in [-0.4, -0.2) is 43.1 Å². The van der Waals surface area contributed by atoms with Gasteiger partial charge in [-0.1, -0.05) is 15.9 Å². The van der Waals surface area contributed by atoms with Gasteiger partial charge in [0.25, 0.3) is 0 Å². The highest BCUT2D eigenvalue weighted by molar-refractivity contribution is 9.09. The number of hydrogen-bond donors (Lipinski definition) is 0. The van der Waals surface area contributed by atoms with Crippen LogP contribution in [0.15, 0.2) is 24.3 Å². The van der Waals surface area contributed by atoms with Crippen LogP contribution in [0.3, 0.4) is 0 Å². The third-order valence-corrected chi connectivity index (χ3v) is 4.17. The molecule has 18 heavy (non-hydrogen) atoms. The molecular formula is C14H20BrNO2. The second-order valence-corrected chi connectivity index (χ2v) is 5.84. The van der Waals surface area contributed by atoms with Gasteiger partial charge in [0, 0.05) is 11.4 Å². The Labute approximate surface area is 117 Å². The van der Waals surface area contributed by atoms with Gasteiger partial charge in [-0.05, 0) is 50.2 Å². The molecule has 0 unspecified atom stereocenters. The highest BCUT2D eigenvalue weighted by Gasteiger charge is 2.16. The van der Waals surface area contributed by atoms with Gasteiger partial charge in [0.05, 0.1) is 7.11 Å². The number of likely N-dealkylation sites (tertiary alicyclic amines) is 1. The van der Waals surface area contributed by atoms with Gasteiger partial charge in [-0.15, -0.1) is 0 Å². The Kier molecular flexibility index (Phi) is 5.32. The van der Waals surface area contributed by atoms with Crippen molar-refractivity contribution in [2.24, 2.45) is 0 Å². The van der Waals surface area contributed by atoms with E-state index in [1.807, 2.05) is 24.3 Å². The number of ether oxygens (including phenoxy) is 2. The number of alkyl halides is 1. The molecule has 0 amide bonds. The summed E-state index contributed by atoms with van der Waals surface area (Å²) in [5.74, 6) is 1.77. The van der Waals surface area contributed by atoms with Crippen molar-refractivity contribution >= 4 is 15.9 Å². The second-order valence-electron chi connectivity index (χ2n) is 4.54. The van der Waals surface area contributed by atoms with Crippen molar-refractivity contribution in [3.63, 3.8) is 0 Å². The minimum Gasteiger partial charge on any atom is -0.497 e. The zero-order valence-corrected chi connectivity index (χ0v) is 12.4. The monoisotopic (exact) mass is 313 g/mol. The van der Waals surface area contributed by atoms with E-state index in [0.29, 0.717) is 4.83 Å². The molecular weight excluding hydrogens is 294 g/mol. The van der Waals surface area contributed by atoms with Gasteiger partial charge in [0.2, 0.25) is 0 Å². The molecule has 0 N–H and O–H groups in total. The van der Waals surface area contributed by atoms with E-state index in [0.717, 1.165) is 24.7 Å². The van der Waals surface area contributed by atoms with E-state index >= 15 is 0 Å². The summed E-state index contributed by atoms with van der Waals surface area (Å²) in [6, 6.07) is 7.74. The van der Waals surface area contributed by atoms with E-state index in [-0.39, 0.29) is 0 Å². The van der Waals surface area contributed by atoms with Gasteiger partial charge < -0.3 is 9.47 Å². The van der Waals surface area contributed by atoms with E-state index in [1.165, 1.54) is 25.9 Å². The molecule has 1 aromatic rings. The quantitative estimate of drug-likeness (QED) is 0.780. The molecule has 0 spiro atoms. The number of halogens is 1. The SMILES string of the molecule is COc1ccc(OCCN2CCC(Br)CC2)cc1. The van der Waals surface area contributed by atoms with Crippen LogP contribution in [0.1, 0.15) is 12.8 Å². The van der Waals surface area contributed by atoms with E-state index in [1.54, 1.807) is 7.11 Å². The van der Waals surface area contributed by atoms with Crippen molar-refractivity contribution in [3.05, 3.63) is 24.3 Å². The molecule has 1 aliphatic rings. The number of piperidine rings is 1. The topological polar surface area (TPSA) is 21.7 Å². The van der Waals surface area contributed by atoms with E-state index < -0.39 is 0 Å². The molecule has 0 aromatic heterocycles. The average Bonchev–Trinajstić information content (AvgIpc) is 2.42. The molecule has 3 nitrogen and oxygen atoms in total. The maximum Gasteiger partial charge on any atom is 0.119 e. The Morgan fingerprint density at radius 3 is 2.39 bits per heavy atom. The minimum atomic E-state index is 0.705. The van der Waals surface area contributed by atoms with Crippen LogP contribution in [0.4, 0.5) is 0 Å². The van der Waals surface area contributed by atoms with Crippen LogP contribution in [-0.2, 0) is 0 Å². The van der Waals surface area contributed by atoms with Crippen LogP contribution >= 0.6 is 15.9 Å². The standard InChI is InChI=1S/C14H20BrNO2/c1-17-13-2-4-14(5-3-13)18-11-10-16-8-6-12(15)7-9-16/h2-5,12H,6-11H2,1H3. The molecule has 1 fully saturated rings. The van der Waals surface area contributed by atoms with Crippen LogP contribution in [0.5, 0.6) is 11.5 Å². The summed E-state index contributed by atoms with van der Waals surface area (Å²) in [7, 11) is 1.67. The summed E-state index contributed by atoms with van der Waals surface area (Å²) in [6.07, 6.45) is 2.48. The molecule has 2 rings (SSSR count).